The molecular formula is C10H7NO3. The van der Waals surface area contributed by atoms with Gasteiger partial charge in [0.05, 0.1) is 0 Å². The van der Waals surface area contributed by atoms with Gasteiger partial charge in [0.25, 0.3) is 0 Å². The SMILES string of the molecule is O=Cc1cccnc1C#CCC(=O)O. The van der Waals surface area contributed by atoms with Crippen LogP contribution in [0.1, 0.15) is 22.5 Å². The van der Waals surface area contributed by atoms with Gasteiger partial charge in [0.15, 0.2) is 6.29 Å². The Morgan fingerprint density at radius 2 is 2.43 bits per heavy atom. The van der Waals surface area contributed by atoms with Crippen LogP contribution in [0, 0.1) is 11.8 Å². The molecule has 0 fully saturated rings. The van der Waals surface area contributed by atoms with E-state index in [1.807, 2.05) is 0 Å². The van der Waals surface area contributed by atoms with E-state index in [1.165, 1.54) is 6.20 Å². The van der Waals surface area contributed by atoms with Crippen LogP contribution in [-0.4, -0.2) is 22.3 Å². The maximum absolute atomic E-state index is 10.5. The molecule has 0 saturated carbocycles. The summed E-state index contributed by atoms with van der Waals surface area (Å²) < 4.78 is 0. The summed E-state index contributed by atoms with van der Waals surface area (Å²) in [7, 11) is 0. The van der Waals surface area contributed by atoms with E-state index >= 15 is 0 Å². The van der Waals surface area contributed by atoms with Crippen molar-refractivity contribution >= 4 is 12.3 Å². The molecule has 1 aromatic heterocycles. The van der Waals surface area contributed by atoms with Crippen molar-refractivity contribution in [2.45, 2.75) is 6.42 Å². The van der Waals surface area contributed by atoms with Crippen molar-refractivity contribution in [2.24, 2.45) is 0 Å². The summed E-state index contributed by atoms with van der Waals surface area (Å²) in [4.78, 5) is 24.5. The number of pyridine rings is 1. The molecule has 0 radical (unpaired) electrons. The van der Waals surface area contributed by atoms with Gasteiger partial charge in [-0.15, -0.1) is 0 Å². The average Bonchev–Trinajstić information content (AvgIpc) is 2.18. The summed E-state index contributed by atoms with van der Waals surface area (Å²) in [5.41, 5.74) is 0.675. The predicted octanol–water partition coefficient (Wildman–Crippen LogP) is 0.720. The van der Waals surface area contributed by atoms with Crippen molar-refractivity contribution in [1.82, 2.24) is 4.98 Å². The summed E-state index contributed by atoms with van der Waals surface area (Å²) >= 11 is 0. The van der Waals surface area contributed by atoms with Crippen molar-refractivity contribution < 1.29 is 14.7 Å². The molecule has 0 unspecified atom stereocenters. The first-order valence-electron chi connectivity index (χ1n) is 3.85. The lowest BCUT2D eigenvalue weighted by molar-refractivity contribution is -0.135. The third-order valence-corrected chi connectivity index (χ3v) is 1.41. The topological polar surface area (TPSA) is 67.3 Å². The van der Waals surface area contributed by atoms with Crippen LogP contribution in [0.3, 0.4) is 0 Å². The molecule has 0 spiro atoms. The Hall–Kier alpha value is -2.15. The van der Waals surface area contributed by atoms with E-state index in [1.54, 1.807) is 12.1 Å². The molecule has 1 heterocycles. The van der Waals surface area contributed by atoms with E-state index in [0.717, 1.165) is 0 Å². The quantitative estimate of drug-likeness (QED) is 0.549. The van der Waals surface area contributed by atoms with Gasteiger partial charge in [-0.3, -0.25) is 9.59 Å². The zero-order chi connectivity index (χ0) is 10.4. The normalized spacial score (nSPS) is 8.57. The Balaban J connectivity index is 2.88. The minimum atomic E-state index is -0.999. The number of carbonyl (C=O) groups is 2. The van der Waals surface area contributed by atoms with Gasteiger partial charge in [-0.25, -0.2) is 4.98 Å². The number of aromatic nitrogens is 1. The molecule has 0 aliphatic heterocycles. The van der Waals surface area contributed by atoms with Gasteiger partial charge in [0, 0.05) is 11.8 Å². The highest BCUT2D eigenvalue weighted by atomic mass is 16.4. The Morgan fingerprint density at radius 1 is 1.64 bits per heavy atom. The van der Waals surface area contributed by atoms with Gasteiger partial charge in [-0.1, -0.05) is 5.92 Å². The lowest BCUT2D eigenvalue weighted by Crippen LogP contribution is -1.93. The zero-order valence-corrected chi connectivity index (χ0v) is 7.23. The number of aliphatic carboxylic acids is 1. The molecule has 0 aromatic carbocycles. The molecule has 1 rings (SSSR count). The van der Waals surface area contributed by atoms with Crippen LogP contribution in [-0.2, 0) is 4.79 Å². The van der Waals surface area contributed by atoms with E-state index in [2.05, 4.69) is 16.8 Å². The standard InChI is InChI=1S/C10H7NO3/c12-7-8-3-2-6-11-9(8)4-1-5-10(13)14/h2-3,6-7H,5H2,(H,13,14). The number of hydrogen-bond acceptors (Lipinski definition) is 3. The molecule has 0 bridgehead atoms. The first-order valence-corrected chi connectivity index (χ1v) is 3.85. The number of carboxylic acids is 1. The van der Waals surface area contributed by atoms with Gasteiger partial charge in [0.2, 0.25) is 0 Å². The smallest absolute Gasteiger partial charge is 0.315 e. The molecule has 0 aliphatic carbocycles. The number of carboxylic acid groups (broad SMARTS) is 1. The number of carbonyl (C=O) groups excluding carboxylic acids is 1. The number of nitrogens with zero attached hydrogens (tertiary/aromatic N) is 1. The van der Waals surface area contributed by atoms with E-state index in [4.69, 9.17) is 5.11 Å². The summed E-state index contributed by atoms with van der Waals surface area (Å²) in [6.07, 6.45) is 1.88. The first kappa shape index (κ1) is 9.93. The van der Waals surface area contributed by atoms with Gasteiger partial charge in [-0.05, 0) is 18.1 Å². The van der Waals surface area contributed by atoms with Crippen molar-refractivity contribution in [3.63, 3.8) is 0 Å². The highest BCUT2D eigenvalue weighted by Gasteiger charge is 1.97. The maximum atomic E-state index is 10.5. The van der Waals surface area contributed by atoms with Crippen LogP contribution in [0.4, 0.5) is 0 Å². The number of hydrogen-bond donors (Lipinski definition) is 1. The molecule has 0 amide bonds. The minimum Gasteiger partial charge on any atom is -0.481 e. The lowest BCUT2D eigenvalue weighted by Gasteiger charge is -1.92. The second kappa shape index (κ2) is 4.77. The van der Waals surface area contributed by atoms with Crippen LogP contribution < -0.4 is 0 Å². The number of rotatable bonds is 2. The molecule has 4 nitrogen and oxygen atoms in total. The molecule has 0 aliphatic rings. The summed E-state index contributed by atoms with van der Waals surface area (Å²) in [6.45, 7) is 0. The van der Waals surface area contributed by atoms with Crippen molar-refractivity contribution in [2.75, 3.05) is 0 Å². The Morgan fingerprint density at radius 3 is 3.07 bits per heavy atom. The second-order valence-corrected chi connectivity index (χ2v) is 2.43. The lowest BCUT2D eigenvalue weighted by atomic mass is 10.2. The highest BCUT2D eigenvalue weighted by Crippen LogP contribution is 1.99. The second-order valence-electron chi connectivity index (χ2n) is 2.43. The molecule has 4 heteroatoms. The highest BCUT2D eigenvalue weighted by molar-refractivity contribution is 5.78. The zero-order valence-electron chi connectivity index (χ0n) is 7.23. The van der Waals surface area contributed by atoms with Crippen molar-refractivity contribution in [3.8, 4) is 11.8 Å². The Bertz CT molecular complexity index is 415. The Labute approximate surface area is 80.6 Å². The monoisotopic (exact) mass is 189 g/mol. The van der Waals surface area contributed by atoms with Gasteiger partial charge in [-0.2, -0.15) is 0 Å². The van der Waals surface area contributed by atoms with Crippen LogP contribution in [0.15, 0.2) is 18.3 Å². The Kier molecular flexibility index (Phi) is 3.39. The minimum absolute atomic E-state index is 0.255. The van der Waals surface area contributed by atoms with Crippen molar-refractivity contribution in [1.29, 1.82) is 0 Å². The summed E-state index contributed by atoms with van der Waals surface area (Å²) in [5, 5.41) is 8.33. The van der Waals surface area contributed by atoms with Crippen LogP contribution in [0.5, 0.6) is 0 Å². The maximum Gasteiger partial charge on any atom is 0.315 e. The average molecular weight is 189 g/mol. The molecule has 0 atom stereocenters. The molecule has 1 N–H and O–H groups in total. The van der Waals surface area contributed by atoms with Gasteiger partial charge in [0.1, 0.15) is 12.1 Å². The van der Waals surface area contributed by atoms with E-state index < -0.39 is 5.97 Å². The van der Waals surface area contributed by atoms with E-state index in [-0.39, 0.29) is 6.42 Å². The fraction of sp³-hybridized carbons (Fsp3) is 0.100. The summed E-state index contributed by atoms with van der Waals surface area (Å²) in [6, 6.07) is 3.19. The fourth-order valence-electron chi connectivity index (χ4n) is 0.821. The third kappa shape index (κ3) is 2.72. The largest absolute Gasteiger partial charge is 0.481 e. The predicted molar refractivity (Wildman–Crippen MR) is 48.8 cm³/mol. The van der Waals surface area contributed by atoms with Crippen LogP contribution in [0.2, 0.25) is 0 Å². The molecular weight excluding hydrogens is 182 g/mol. The van der Waals surface area contributed by atoms with E-state index in [0.29, 0.717) is 17.5 Å². The molecule has 70 valence electrons. The fourth-order valence-corrected chi connectivity index (χ4v) is 0.821. The third-order valence-electron chi connectivity index (χ3n) is 1.41. The van der Waals surface area contributed by atoms with Gasteiger partial charge < -0.3 is 5.11 Å². The van der Waals surface area contributed by atoms with Crippen LogP contribution >= 0.6 is 0 Å². The first-order chi connectivity index (χ1) is 6.74. The molecule has 14 heavy (non-hydrogen) atoms. The van der Waals surface area contributed by atoms with Crippen molar-refractivity contribution in [3.05, 3.63) is 29.6 Å². The molecule has 0 saturated heterocycles. The van der Waals surface area contributed by atoms with Gasteiger partial charge >= 0.3 is 5.97 Å². The number of aldehydes is 1. The van der Waals surface area contributed by atoms with E-state index in [9.17, 15) is 9.59 Å². The van der Waals surface area contributed by atoms with Crippen LogP contribution in [0.25, 0.3) is 0 Å². The molecule has 1 aromatic rings. The summed E-state index contributed by atoms with van der Waals surface area (Å²) in [5.74, 6) is 3.93.